The Morgan fingerprint density at radius 2 is 0.930 bits per heavy atom. The zero-order chi connectivity index (χ0) is 28.3. The van der Waals surface area contributed by atoms with Crippen molar-refractivity contribution in [3.05, 3.63) is 152 Å². The molecule has 0 N–H and O–H groups in total. The van der Waals surface area contributed by atoms with Crippen LogP contribution >= 0.6 is 11.3 Å². The lowest BCUT2D eigenvalue weighted by Crippen LogP contribution is -1.87. The van der Waals surface area contributed by atoms with Crippen LogP contribution in [0.25, 0.3) is 86.1 Å². The third kappa shape index (κ3) is 4.03. The third-order valence-electron chi connectivity index (χ3n) is 8.68. The van der Waals surface area contributed by atoms with Gasteiger partial charge in [0.1, 0.15) is 5.01 Å². The minimum atomic E-state index is 1.04. The largest absolute Gasteiger partial charge is 0.236 e. The van der Waals surface area contributed by atoms with Crippen molar-refractivity contribution in [3.63, 3.8) is 0 Å². The molecule has 1 nitrogen and oxygen atoms in total. The molecule has 1 aromatic heterocycles. The molecule has 0 fully saturated rings. The van der Waals surface area contributed by atoms with E-state index >= 15 is 0 Å². The van der Waals surface area contributed by atoms with Crippen LogP contribution < -0.4 is 0 Å². The van der Waals surface area contributed by atoms with Gasteiger partial charge in [0, 0.05) is 5.56 Å². The summed E-state index contributed by atoms with van der Waals surface area (Å²) in [5, 5.41) is 11.2. The zero-order valence-corrected chi connectivity index (χ0v) is 24.1. The summed E-state index contributed by atoms with van der Waals surface area (Å²) in [6, 6.07) is 55.1. The summed E-state index contributed by atoms with van der Waals surface area (Å²) < 4.78 is 1.20. The molecule has 9 aromatic rings. The minimum absolute atomic E-state index is 1.04. The van der Waals surface area contributed by atoms with Gasteiger partial charge >= 0.3 is 0 Å². The average molecular weight is 564 g/mol. The van der Waals surface area contributed by atoms with E-state index in [0.29, 0.717) is 0 Å². The van der Waals surface area contributed by atoms with Crippen molar-refractivity contribution in [3.8, 4) is 32.8 Å². The Hall–Kier alpha value is -5.31. The fourth-order valence-electron chi connectivity index (χ4n) is 6.51. The van der Waals surface area contributed by atoms with E-state index in [-0.39, 0.29) is 0 Å². The standard InChI is InChI=1S/C41H25NS/c1-2-9-29-23-32(18-13-26(29)7-1)41-42-39-25-31(19-22-40(39)43-41)35-21-20-34(36-11-5-6-12-37(35)36)30-17-16-28-15-14-27-8-3-4-10-33(27)38(28)24-30/h1-25H. The van der Waals surface area contributed by atoms with Gasteiger partial charge in [-0.25, -0.2) is 4.98 Å². The van der Waals surface area contributed by atoms with Crippen LogP contribution in [0.2, 0.25) is 0 Å². The van der Waals surface area contributed by atoms with Crippen LogP contribution in [0.5, 0.6) is 0 Å². The van der Waals surface area contributed by atoms with Gasteiger partial charge in [-0.2, -0.15) is 0 Å². The number of thiazole rings is 1. The molecule has 0 spiro atoms. The first-order valence-corrected chi connectivity index (χ1v) is 15.4. The third-order valence-corrected chi connectivity index (χ3v) is 9.76. The van der Waals surface area contributed by atoms with Crippen molar-refractivity contribution in [2.45, 2.75) is 0 Å². The number of rotatable bonds is 3. The van der Waals surface area contributed by atoms with Crippen molar-refractivity contribution < 1.29 is 0 Å². The Morgan fingerprint density at radius 3 is 1.72 bits per heavy atom. The van der Waals surface area contributed by atoms with Gasteiger partial charge in [-0.3, -0.25) is 0 Å². The molecule has 9 rings (SSSR count). The summed E-state index contributed by atoms with van der Waals surface area (Å²) in [4.78, 5) is 5.09. The number of benzene rings is 8. The molecule has 2 heteroatoms. The summed E-state index contributed by atoms with van der Waals surface area (Å²) in [6.45, 7) is 0. The Morgan fingerprint density at radius 1 is 0.372 bits per heavy atom. The summed E-state index contributed by atoms with van der Waals surface area (Å²) in [6.07, 6.45) is 0. The van der Waals surface area contributed by atoms with E-state index in [1.54, 1.807) is 11.3 Å². The van der Waals surface area contributed by atoms with E-state index in [1.807, 2.05) is 0 Å². The molecule has 200 valence electrons. The highest BCUT2D eigenvalue weighted by atomic mass is 32.1. The number of fused-ring (bicyclic) bond motifs is 6. The van der Waals surface area contributed by atoms with Crippen molar-refractivity contribution in [1.82, 2.24) is 4.98 Å². The lowest BCUT2D eigenvalue weighted by Gasteiger charge is -2.13. The van der Waals surface area contributed by atoms with Gasteiger partial charge in [0.25, 0.3) is 0 Å². The fourth-order valence-corrected chi connectivity index (χ4v) is 7.46. The summed E-state index contributed by atoms with van der Waals surface area (Å²) in [5.74, 6) is 0. The number of hydrogen-bond donors (Lipinski definition) is 0. The second kappa shape index (κ2) is 9.62. The SMILES string of the molecule is c1ccc2cc(-c3nc4cc(-c5ccc(-c6ccc7ccc8ccccc8c7c6)c6ccccc56)ccc4s3)ccc2c1. The van der Waals surface area contributed by atoms with E-state index in [0.717, 1.165) is 10.5 Å². The second-order valence-electron chi connectivity index (χ2n) is 11.2. The van der Waals surface area contributed by atoms with E-state index in [1.165, 1.54) is 75.6 Å². The molecule has 0 aliphatic rings. The highest BCUT2D eigenvalue weighted by Gasteiger charge is 2.13. The maximum absolute atomic E-state index is 5.09. The molecular weight excluding hydrogens is 539 g/mol. The molecule has 0 unspecified atom stereocenters. The smallest absolute Gasteiger partial charge is 0.124 e. The van der Waals surface area contributed by atoms with Gasteiger partial charge in [0.2, 0.25) is 0 Å². The first-order valence-electron chi connectivity index (χ1n) is 14.6. The van der Waals surface area contributed by atoms with Crippen LogP contribution in [-0.4, -0.2) is 4.98 Å². The van der Waals surface area contributed by atoms with Gasteiger partial charge in [-0.15, -0.1) is 11.3 Å². The van der Waals surface area contributed by atoms with Gasteiger partial charge in [0.05, 0.1) is 10.2 Å². The lowest BCUT2D eigenvalue weighted by atomic mass is 9.90. The van der Waals surface area contributed by atoms with Gasteiger partial charge < -0.3 is 0 Å². The van der Waals surface area contributed by atoms with Crippen LogP contribution in [0.1, 0.15) is 0 Å². The highest BCUT2D eigenvalue weighted by molar-refractivity contribution is 7.21. The quantitative estimate of drug-likeness (QED) is 0.195. The van der Waals surface area contributed by atoms with Crippen LogP contribution in [0, 0.1) is 0 Å². The lowest BCUT2D eigenvalue weighted by molar-refractivity contribution is 1.48. The maximum Gasteiger partial charge on any atom is 0.124 e. The molecule has 0 aliphatic heterocycles. The topological polar surface area (TPSA) is 12.9 Å². The Bertz CT molecular complexity index is 2520. The first kappa shape index (κ1) is 24.3. The number of hydrogen-bond acceptors (Lipinski definition) is 2. The molecule has 43 heavy (non-hydrogen) atoms. The Balaban J connectivity index is 1.16. The molecule has 0 radical (unpaired) electrons. The summed E-state index contributed by atoms with van der Waals surface area (Å²) in [5.41, 5.74) is 7.12. The van der Waals surface area contributed by atoms with Crippen molar-refractivity contribution >= 4 is 64.6 Å². The van der Waals surface area contributed by atoms with Crippen molar-refractivity contribution in [1.29, 1.82) is 0 Å². The average Bonchev–Trinajstić information content (AvgIpc) is 3.51. The summed E-state index contributed by atoms with van der Waals surface area (Å²) >= 11 is 1.76. The predicted molar refractivity (Wildman–Crippen MR) is 186 cm³/mol. The number of aromatic nitrogens is 1. The summed E-state index contributed by atoms with van der Waals surface area (Å²) in [7, 11) is 0. The highest BCUT2D eigenvalue weighted by Crippen LogP contribution is 2.39. The molecule has 0 bridgehead atoms. The van der Waals surface area contributed by atoms with Crippen LogP contribution in [-0.2, 0) is 0 Å². The fraction of sp³-hybridized carbons (Fsp3) is 0. The minimum Gasteiger partial charge on any atom is -0.236 e. The van der Waals surface area contributed by atoms with Gasteiger partial charge in [0.15, 0.2) is 0 Å². The van der Waals surface area contributed by atoms with Crippen LogP contribution in [0.4, 0.5) is 0 Å². The molecule has 0 amide bonds. The van der Waals surface area contributed by atoms with Crippen LogP contribution in [0.15, 0.2) is 152 Å². The molecular formula is C41H25NS. The van der Waals surface area contributed by atoms with E-state index < -0.39 is 0 Å². The molecule has 0 saturated heterocycles. The molecule has 0 saturated carbocycles. The van der Waals surface area contributed by atoms with Crippen molar-refractivity contribution in [2.24, 2.45) is 0 Å². The van der Waals surface area contributed by atoms with E-state index in [2.05, 4.69) is 152 Å². The van der Waals surface area contributed by atoms with Crippen molar-refractivity contribution in [2.75, 3.05) is 0 Å². The Labute approximate surface area is 253 Å². The molecule has 0 atom stereocenters. The van der Waals surface area contributed by atoms with Gasteiger partial charge in [-0.05, 0) is 89.6 Å². The van der Waals surface area contributed by atoms with E-state index in [4.69, 9.17) is 4.98 Å². The molecule has 1 heterocycles. The predicted octanol–water partition coefficient (Wildman–Crippen LogP) is 11.9. The monoisotopic (exact) mass is 563 g/mol. The van der Waals surface area contributed by atoms with E-state index in [9.17, 15) is 0 Å². The normalized spacial score (nSPS) is 11.7. The maximum atomic E-state index is 5.09. The van der Waals surface area contributed by atoms with Gasteiger partial charge in [-0.1, -0.05) is 127 Å². The first-order chi connectivity index (χ1) is 21.3. The van der Waals surface area contributed by atoms with Crippen LogP contribution in [0.3, 0.4) is 0 Å². The second-order valence-corrected chi connectivity index (χ2v) is 12.2. The Kier molecular flexibility index (Phi) is 5.44. The number of nitrogens with zero attached hydrogens (tertiary/aromatic N) is 1. The molecule has 8 aromatic carbocycles. The zero-order valence-electron chi connectivity index (χ0n) is 23.3. The molecule has 0 aliphatic carbocycles.